The minimum absolute atomic E-state index is 0.0544. The average molecular weight is 258 g/mol. The second-order valence-corrected chi connectivity index (χ2v) is 7.18. The molecule has 0 aromatic heterocycles. The van der Waals surface area contributed by atoms with Crippen molar-refractivity contribution in [1.82, 2.24) is 0 Å². The summed E-state index contributed by atoms with van der Waals surface area (Å²) in [7, 11) is 0. The van der Waals surface area contributed by atoms with Gasteiger partial charge < -0.3 is 4.74 Å². The fourth-order valence-corrected chi connectivity index (χ4v) is 1.62. The lowest BCUT2D eigenvalue weighted by Gasteiger charge is -2.29. The molecule has 0 unspecified atom stereocenters. The van der Waals surface area contributed by atoms with Gasteiger partial charge in [-0.25, -0.2) is 4.39 Å². The number of allylic oxidation sites excluding steroid dienone is 2. The predicted molar refractivity (Wildman–Crippen MR) is 77.4 cm³/mol. The summed E-state index contributed by atoms with van der Waals surface area (Å²) in [5, 5.41) is 0. The lowest BCUT2D eigenvalue weighted by atomic mass is 9.87. The second-order valence-electron chi connectivity index (χ2n) is 7.18. The third-order valence-electron chi connectivity index (χ3n) is 2.94. The van der Waals surface area contributed by atoms with Crippen LogP contribution in [0.5, 0.6) is 0 Å². The largest absolute Gasteiger partial charge is 0.375 e. The van der Waals surface area contributed by atoms with Crippen LogP contribution in [-0.2, 0) is 4.74 Å². The molecule has 0 aromatic carbocycles. The van der Waals surface area contributed by atoms with Crippen molar-refractivity contribution in [2.45, 2.75) is 79.8 Å². The van der Waals surface area contributed by atoms with Crippen LogP contribution >= 0.6 is 0 Å². The van der Waals surface area contributed by atoms with Crippen molar-refractivity contribution in [1.29, 1.82) is 0 Å². The van der Waals surface area contributed by atoms with Crippen molar-refractivity contribution in [3.8, 4) is 0 Å². The third-order valence-corrected chi connectivity index (χ3v) is 2.94. The summed E-state index contributed by atoms with van der Waals surface area (Å²) in [6.45, 7) is 15.1. The van der Waals surface area contributed by atoms with Crippen molar-refractivity contribution in [3.63, 3.8) is 0 Å². The fraction of sp³-hybridized carbons (Fsp3) is 0.875. The molecule has 0 fully saturated rings. The van der Waals surface area contributed by atoms with Gasteiger partial charge in [0.25, 0.3) is 0 Å². The van der Waals surface area contributed by atoms with E-state index in [0.29, 0.717) is 6.42 Å². The molecule has 0 radical (unpaired) electrons. The van der Waals surface area contributed by atoms with Crippen LogP contribution in [0.4, 0.5) is 4.39 Å². The van der Waals surface area contributed by atoms with Gasteiger partial charge in [-0.2, -0.15) is 0 Å². The zero-order valence-corrected chi connectivity index (χ0v) is 13.3. The van der Waals surface area contributed by atoms with Gasteiger partial charge in [0.1, 0.15) is 0 Å². The monoisotopic (exact) mass is 258 g/mol. The SMILES string of the molecule is CC(C)=C(F)CCCCC(C)(C)COC(C)(C)C. The highest BCUT2D eigenvalue weighted by Crippen LogP contribution is 2.27. The molecule has 0 aliphatic heterocycles. The van der Waals surface area contributed by atoms with E-state index in [2.05, 4.69) is 34.6 Å². The highest BCUT2D eigenvalue weighted by Gasteiger charge is 2.21. The number of rotatable bonds is 7. The van der Waals surface area contributed by atoms with Crippen LogP contribution in [0.25, 0.3) is 0 Å². The van der Waals surface area contributed by atoms with Crippen LogP contribution in [0.2, 0.25) is 0 Å². The first-order valence-electron chi connectivity index (χ1n) is 6.99. The van der Waals surface area contributed by atoms with Crippen molar-refractivity contribution in [2.75, 3.05) is 6.61 Å². The van der Waals surface area contributed by atoms with Gasteiger partial charge in [-0.3, -0.25) is 0 Å². The number of unbranched alkanes of at least 4 members (excludes halogenated alkanes) is 1. The predicted octanol–water partition coefficient (Wildman–Crippen LogP) is 5.65. The van der Waals surface area contributed by atoms with Crippen LogP contribution in [0.3, 0.4) is 0 Å². The zero-order chi connectivity index (χ0) is 14.4. The third kappa shape index (κ3) is 9.64. The molecule has 0 spiro atoms. The molecule has 1 nitrogen and oxygen atoms in total. The average Bonchev–Trinajstić information content (AvgIpc) is 2.20. The standard InChI is InChI=1S/C16H31FO/c1-13(2)14(17)10-8-9-11-16(6,7)12-18-15(3,4)5/h8-12H2,1-7H3. The Kier molecular flexibility index (Phi) is 7.13. The topological polar surface area (TPSA) is 9.23 Å². The Balaban J connectivity index is 3.88. The molecule has 0 aliphatic rings. The van der Waals surface area contributed by atoms with Gasteiger partial charge in [-0.1, -0.05) is 20.3 Å². The maximum atomic E-state index is 13.3. The van der Waals surface area contributed by atoms with Gasteiger partial charge in [0.15, 0.2) is 0 Å². The minimum Gasteiger partial charge on any atom is -0.375 e. The molecule has 0 bridgehead atoms. The maximum absolute atomic E-state index is 13.3. The lowest BCUT2D eigenvalue weighted by Crippen LogP contribution is -2.28. The highest BCUT2D eigenvalue weighted by atomic mass is 19.1. The molecule has 108 valence electrons. The lowest BCUT2D eigenvalue weighted by molar-refractivity contribution is -0.0453. The van der Waals surface area contributed by atoms with E-state index in [1.165, 1.54) is 0 Å². The molecule has 0 saturated heterocycles. The molecular formula is C16H31FO. The smallest absolute Gasteiger partial charge is 0.0985 e. The van der Waals surface area contributed by atoms with Crippen LogP contribution in [0.15, 0.2) is 11.4 Å². The number of ether oxygens (including phenoxy) is 1. The number of hydrogen-bond donors (Lipinski definition) is 0. The Morgan fingerprint density at radius 1 is 1.00 bits per heavy atom. The van der Waals surface area contributed by atoms with Crippen molar-refractivity contribution in [2.24, 2.45) is 5.41 Å². The Hall–Kier alpha value is -0.370. The van der Waals surface area contributed by atoms with E-state index < -0.39 is 0 Å². The van der Waals surface area contributed by atoms with Crippen LogP contribution in [-0.4, -0.2) is 12.2 Å². The minimum atomic E-state index is -0.0779. The molecule has 0 amide bonds. The van der Waals surface area contributed by atoms with E-state index >= 15 is 0 Å². The number of halogens is 1. The molecule has 0 rings (SSSR count). The number of hydrogen-bond acceptors (Lipinski definition) is 1. The van der Waals surface area contributed by atoms with E-state index in [0.717, 1.165) is 31.4 Å². The van der Waals surface area contributed by atoms with Crippen LogP contribution in [0, 0.1) is 5.41 Å². The summed E-state index contributed by atoms with van der Waals surface area (Å²) in [5.41, 5.74) is 0.908. The van der Waals surface area contributed by atoms with Crippen LogP contribution < -0.4 is 0 Å². The van der Waals surface area contributed by atoms with E-state index in [1.54, 1.807) is 0 Å². The molecule has 0 atom stereocenters. The van der Waals surface area contributed by atoms with E-state index in [-0.39, 0.29) is 16.8 Å². The molecule has 2 heteroatoms. The molecule has 0 heterocycles. The summed E-state index contributed by atoms with van der Waals surface area (Å²) in [6.07, 6.45) is 3.65. The van der Waals surface area contributed by atoms with E-state index in [1.807, 2.05) is 13.8 Å². The van der Waals surface area contributed by atoms with Crippen molar-refractivity contribution in [3.05, 3.63) is 11.4 Å². The van der Waals surface area contributed by atoms with Gasteiger partial charge >= 0.3 is 0 Å². The molecule has 18 heavy (non-hydrogen) atoms. The van der Waals surface area contributed by atoms with Gasteiger partial charge in [-0.05, 0) is 64.9 Å². The van der Waals surface area contributed by atoms with Gasteiger partial charge in [0.2, 0.25) is 0 Å². The van der Waals surface area contributed by atoms with Crippen LogP contribution in [0.1, 0.15) is 74.1 Å². The summed E-state index contributed by atoms with van der Waals surface area (Å²) >= 11 is 0. The van der Waals surface area contributed by atoms with E-state index in [4.69, 9.17) is 4.74 Å². The second kappa shape index (κ2) is 7.28. The quantitative estimate of drug-likeness (QED) is 0.536. The van der Waals surface area contributed by atoms with Crippen molar-refractivity contribution < 1.29 is 9.13 Å². The summed E-state index contributed by atoms with van der Waals surface area (Å²) in [4.78, 5) is 0. The maximum Gasteiger partial charge on any atom is 0.0985 e. The Bertz CT molecular complexity index is 267. The van der Waals surface area contributed by atoms with Gasteiger partial charge in [0, 0.05) is 0 Å². The first-order chi connectivity index (χ1) is 8.03. The highest BCUT2D eigenvalue weighted by molar-refractivity contribution is 5.00. The first kappa shape index (κ1) is 17.6. The Labute approximate surface area is 113 Å². The fourth-order valence-electron chi connectivity index (χ4n) is 1.62. The summed E-state index contributed by atoms with van der Waals surface area (Å²) in [6, 6.07) is 0. The van der Waals surface area contributed by atoms with E-state index in [9.17, 15) is 4.39 Å². The molecule has 0 saturated carbocycles. The molecular weight excluding hydrogens is 227 g/mol. The summed E-state index contributed by atoms with van der Waals surface area (Å²) in [5.74, 6) is 0.0544. The summed E-state index contributed by atoms with van der Waals surface area (Å²) < 4.78 is 19.1. The van der Waals surface area contributed by atoms with Crippen molar-refractivity contribution >= 4 is 0 Å². The molecule has 0 N–H and O–H groups in total. The Morgan fingerprint density at radius 3 is 2.00 bits per heavy atom. The first-order valence-corrected chi connectivity index (χ1v) is 6.99. The van der Waals surface area contributed by atoms with Gasteiger partial charge in [-0.15, -0.1) is 0 Å². The molecule has 0 aromatic rings. The molecule has 0 aliphatic carbocycles. The zero-order valence-electron chi connectivity index (χ0n) is 13.3. The normalized spacial score (nSPS) is 12.7. The van der Waals surface area contributed by atoms with Gasteiger partial charge in [0.05, 0.1) is 18.0 Å². The Morgan fingerprint density at radius 2 is 1.56 bits per heavy atom.